The van der Waals surface area contributed by atoms with Crippen LogP contribution in [0.4, 0.5) is 0 Å². The molecule has 24 nitrogen and oxygen atoms in total. The van der Waals surface area contributed by atoms with Crippen LogP contribution < -0.4 is 28.4 Å². The molecule has 0 spiro atoms. The predicted molar refractivity (Wildman–Crippen MR) is 281 cm³/mol. The summed E-state index contributed by atoms with van der Waals surface area (Å²) in [7, 11) is 0. The predicted octanol–water partition coefficient (Wildman–Crippen LogP) is 5.49. The highest BCUT2D eigenvalue weighted by Crippen LogP contribution is 2.68. The van der Waals surface area contributed by atoms with E-state index in [1.54, 1.807) is 0 Å². The highest BCUT2D eigenvalue weighted by Gasteiger charge is 2.64. The van der Waals surface area contributed by atoms with Crippen molar-refractivity contribution in [2.45, 2.75) is 72.4 Å². The van der Waals surface area contributed by atoms with Gasteiger partial charge in [0.05, 0.1) is 23.9 Å². The van der Waals surface area contributed by atoms with Crippen LogP contribution in [0.15, 0.2) is 103 Å². The van der Waals surface area contributed by atoms with Gasteiger partial charge in [-0.05, 0) is 71.8 Å². The zero-order chi connectivity index (χ0) is 59.1. The van der Waals surface area contributed by atoms with Gasteiger partial charge >= 0.3 is 11.6 Å². The summed E-state index contributed by atoms with van der Waals surface area (Å²) < 4.78 is 39.7. The molecule has 14 rings (SSSR count). The number of ether oxygens (including phenoxy) is 6. The zero-order valence-corrected chi connectivity index (χ0v) is 42.7. The molecule has 18 N–H and O–H groups in total. The van der Waals surface area contributed by atoms with Crippen molar-refractivity contribution < 1.29 is 120 Å². The monoisotopic (exact) mass is 1150 g/mol. The minimum atomic E-state index is -2.67. The van der Waals surface area contributed by atoms with Crippen molar-refractivity contribution in [2.75, 3.05) is 0 Å². The van der Waals surface area contributed by atoms with E-state index in [1.807, 2.05) is 0 Å². The first kappa shape index (κ1) is 51.7. The molecule has 0 aromatic heterocycles. The summed E-state index contributed by atoms with van der Waals surface area (Å²) in [6.07, 6.45) is -11.0. The van der Waals surface area contributed by atoms with Gasteiger partial charge in [-0.15, -0.1) is 0 Å². The van der Waals surface area contributed by atoms with Gasteiger partial charge in [-0.3, -0.25) is 0 Å². The fourth-order valence-corrected chi connectivity index (χ4v) is 12.9. The summed E-state index contributed by atoms with van der Waals surface area (Å²) in [5.41, 5.74) is -2.15. The largest absolute Gasteiger partial charge is 0.508 e. The Labute approximate surface area is 470 Å². The second kappa shape index (κ2) is 17.6. The van der Waals surface area contributed by atoms with Crippen molar-refractivity contribution in [3.05, 3.63) is 164 Å². The average Bonchev–Trinajstić information content (AvgIpc) is 0.713. The van der Waals surface area contributed by atoms with E-state index < -0.39 is 169 Å². The van der Waals surface area contributed by atoms with Gasteiger partial charge in [0, 0.05) is 86.8 Å². The first-order valence-corrected chi connectivity index (χ1v) is 25.8. The second-order valence-electron chi connectivity index (χ2n) is 21.4. The topological polar surface area (TPSA) is 420 Å². The minimum absolute atomic E-state index is 0.0346. The maximum atomic E-state index is 13.1. The molecule has 0 aliphatic carbocycles. The number of phenolic OH excluding ortho intramolecular Hbond substituents is 14. The molecular weight excluding hydrogens is 1100 g/mol. The third-order valence-electron chi connectivity index (χ3n) is 16.7. The average molecular weight is 1150 g/mol. The lowest BCUT2D eigenvalue weighted by atomic mass is 9.70. The molecule has 430 valence electrons. The summed E-state index contributed by atoms with van der Waals surface area (Å²) >= 11 is 0. The molecule has 0 saturated heterocycles. The Hall–Kier alpha value is -10.4. The maximum Gasteiger partial charge on any atom is 0.305 e. The maximum absolute atomic E-state index is 13.1. The van der Waals surface area contributed by atoms with E-state index in [4.69, 9.17) is 28.4 Å². The van der Waals surface area contributed by atoms with Gasteiger partial charge in [0.1, 0.15) is 93.4 Å². The molecule has 4 bridgehead atoms. The Morgan fingerprint density at radius 1 is 0.333 bits per heavy atom. The SMILES string of the molecule is Oc1cc(O)c2c(c1)OC1(c3ccc(O)c(O)c3)Oc3cc(O)c4c(c3C2C1O)OC(c1ccc(O)c(O)c1)C(O)C4c1c(O)cc(O)c2c1OC1(c3ccc(O)c(O)c3)Oc3cc(O)c4c(c3C2C1O)OC(c1ccc(O)c(O)c1)C(O)C4. The molecule has 84 heavy (non-hydrogen) atoms. The Kier molecular flexibility index (Phi) is 10.8. The highest BCUT2D eigenvalue weighted by atomic mass is 16.7. The number of benzene rings is 8. The third-order valence-corrected chi connectivity index (χ3v) is 16.7. The summed E-state index contributed by atoms with van der Waals surface area (Å²) in [5, 5.41) is 207. The molecule has 6 aliphatic rings. The lowest BCUT2D eigenvalue weighted by molar-refractivity contribution is -0.219. The number of aliphatic hydroxyl groups is 4. The molecule has 0 fully saturated rings. The van der Waals surface area contributed by atoms with Crippen LogP contribution in [0.2, 0.25) is 0 Å². The van der Waals surface area contributed by atoms with E-state index in [1.165, 1.54) is 24.3 Å². The fourth-order valence-electron chi connectivity index (χ4n) is 12.9. The van der Waals surface area contributed by atoms with Gasteiger partial charge in [0.15, 0.2) is 52.1 Å². The number of hydrogen-bond acceptors (Lipinski definition) is 24. The summed E-state index contributed by atoms with van der Waals surface area (Å²) in [4.78, 5) is 0. The summed E-state index contributed by atoms with van der Waals surface area (Å²) in [5.74, 6) is -21.6. The van der Waals surface area contributed by atoms with Crippen molar-refractivity contribution >= 4 is 0 Å². The molecule has 11 atom stereocenters. The first-order valence-electron chi connectivity index (χ1n) is 25.8. The van der Waals surface area contributed by atoms with Gasteiger partial charge in [0.25, 0.3) is 0 Å². The van der Waals surface area contributed by atoms with E-state index >= 15 is 0 Å². The van der Waals surface area contributed by atoms with Crippen LogP contribution in [-0.4, -0.2) is 116 Å². The molecule has 8 aromatic rings. The van der Waals surface area contributed by atoms with Crippen molar-refractivity contribution in [1.29, 1.82) is 0 Å². The van der Waals surface area contributed by atoms with Crippen molar-refractivity contribution in [3.8, 4) is 115 Å². The Morgan fingerprint density at radius 2 is 0.762 bits per heavy atom. The van der Waals surface area contributed by atoms with Crippen LogP contribution in [0, 0.1) is 0 Å². The van der Waals surface area contributed by atoms with E-state index in [-0.39, 0.29) is 79.5 Å². The summed E-state index contributed by atoms with van der Waals surface area (Å²) in [6, 6.07) is 18.6. The van der Waals surface area contributed by atoms with E-state index in [0.29, 0.717) is 0 Å². The Bertz CT molecular complexity index is 4180. The molecule has 8 aromatic carbocycles. The molecule has 6 aliphatic heterocycles. The molecule has 0 radical (unpaired) electrons. The van der Waals surface area contributed by atoms with E-state index in [0.717, 1.165) is 78.9 Å². The molecule has 6 heterocycles. The third kappa shape index (κ3) is 7.01. The van der Waals surface area contributed by atoms with Crippen LogP contribution in [0.25, 0.3) is 0 Å². The van der Waals surface area contributed by atoms with Gasteiger partial charge in [-0.25, -0.2) is 0 Å². The Balaban J connectivity index is 1.04. The number of aromatic hydroxyl groups is 14. The minimum Gasteiger partial charge on any atom is -0.508 e. The fraction of sp³-hybridized carbons (Fsp3) is 0.200. The van der Waals surface area contributed by atoms with Crippen LogP contribution in [-0.2, 0) is 18.0 Å². The normalized spacial score (nSPS) is 26.3. The molecular formula is C60H46O24. The van der Waals surface area contributed by atoms with Crippen LogP contribution in [0.1, 0.15) is 91.2 Å². The molecule has 11 unspecified atom stereocenters. The smallest absolute Gasteiger partial charge is 0.305 e. The number of hydrogen-bond donors (Lipinski definition) is 18. The van der Waals surface area contributed by atoms with Crippen LogP contribution in [0.5, 0.6) is 115 Å². The van der Waals surface area contributed by atoms with Gasteiger partial charge in [-0.1, -0.05) is 12.1 Å². The van der Waals surface area contributed by atoms with E-state index in [9.17, 15) is 91.9 Å². The van der Waals surface area contributed by atoms with Crippen LogP contribution >= 0.6 is 0 Å². The van der Waals surface area contributed by atoms with Crippen LogP contribution in [0.3, 0.4) is 0 Å². The number of phenols is 14. The van der Waals surface area contributed by atoms with Crippen molar-refractivity contribution in [3.63, 3.8) is 0 Å². The molecule has 0 amide bonds. The first-order chi connectivity index (χ1) is 40.0. The standard InChI is InChI=1S/C60H46O24/c61-23-13-34(71)42-39(14-23)81-59(21-3-7-27(64)32(69)11-21)57(77)49(42)47-41(82-59)18-37(74)43-48(51(76)53(80-55(43)47)20-2-6-26(63)31(68)10-20)44-35(72)16-36(73)45-50-46-40(83-60(58(50)78,84-56(44)45)22-4-8-28(65)33(70)12-22)17-29(66)24-15-38(75)52(79-54(24)46)19-1-5-25(62)30(67)9-19/h1-14,16-18,38,48-53,57-58,61-78H,15H2. The highest BCUT2D eigenvalue weighted by molar-refractivity contribution is 5.75. The zero-order valence-electron chi connectivity index (χ0n) is 42.7. The quantitative estimate of drug-likeness (QED) is 0.0947. The van der Waals surface area contributed by atoms with Gasteiger partial charge < -0.3 is 120 Å². The van der Waals surface area contributed by atoms with E-state index in [2.05, 4.69) is 0 Å². The number of rotatable bonds is 5. The van der Waals surface area contributed by atoms with Gasteiger partial charge in [-0.2, -0.15) is 0 Å². The molecule has 24 heteroatoms. The van der Waals surface area contributed by atoms with Crippen molar-refractivity contribution in [2.24, 2.45) is 0 Å². The number of fused-ring (bicyclic) bond motifs is 16. The van der Waals surface area contributed by atoms with Crippen molar-refractivity contribution in [1.82, 2.24) is 0 Å². The second-order valence-corrected chi connectivity index (χ2v) is 21.4. The summed E-state index contributed by atoms with van der Waals surface area (Å²) in [6.45, 7) is 0. The Morgan fingerprint density at radius 3 is 1.32 bits per heavy atom. The van der Waals surface area contributed by atoms with Gasteiger partial charge in [0.2, 0.25) is 0 Å². The number of aliphatic hydroxyl groups excluding tert-OH is 4. The lowest BCUT2D eigenvalue weighted by Crippen LogP contribution is -2.58. The molecule has 0 saturated carbocycles. The lowest BCUT2D eigenvalue weighted by Gasteiger charge is -2.52.